The molecule has 6 heteroatoms. The monoisotopic (exact) mass is 301 g/mol. The van der Waals surface area contributed by atoms with E-state index in [-0.39, 0.29) is 0 Å². The molecule has 110 valence electrons. The summed E-state index contributed by atoms with van der Waals surface area (Å²) >= 11 is 1.51. The molecule has 1 N–H and O–H groups in total. The van der Waals surface area contributed by atoms with E-state index in [1.165, 1.54) is 24.6 Å². The van der Waals surface area contributed by atoms with Crippen molar-refractivity contribution in [2.45, 2.75) is 49.7 Å². The van der Waals surface area contributed by atoms with Crippen molar-refractivity contribution in [2.75, 3.05) is 11.9 Å². The smallest absolute Gasteiger partial charge is 0.194 e. The van der Waals surface area contributed by atoms with E-state index in [2.05, 4.69) is 27.2 Å². The fraction of sp³-hybridized carbons (Fsp3) is 0.467. The summed E-state index contributed by atoms with van der Waals surface area (Å²) in [7, 11) is 0. The van der Waals surface area contributed by atoms with Crippen molar-refractivity contribution < 1.29 is 0 Å². The highest BCUT2D eigenvalue weighted by atomic mass is 32.2. The van der Waals surface area contributed by atoms with Gasteiger partial charge in [-0.05, 0) is 51.4 Å². The van der Waals surface area contributed by atoms with E-state index < -0.39 is 0 Å². The molecule has 0 atom stereocenters. The second kappa shape index (κ2) is 5.97. The van der Waals surface area contributed by atoms with Crippen molar-refractivity contribution in [1.29, 1.82) is 0 Å². The first-order chi connectivity index (χ1) is 10.2. The lowest BCUT2D eigenvalue weighted by Gasteiger charge is -2.12. The molecule has 1 aliphatic rings. The molecule has 0 radical (unpaired) electrons. The van der Waals surface area contributed by atoms with Crippen molar-refractivity contribution in [3.63, 3.8) is 0 Å². The lowest BCUT2D eigenvalue weighted by molar-refractivity contribution is 0.854. The fourth-order valence-corrected chi connectivity index (χ4v) is 2.90. The Hall–Kier alpha value is -1.69. The molecule has 2 heterocycles. The molecule has 21 heavy (non-hydrogen) atoms. The minimum Gasteiger partial charge on any atom is -0.370 e. The maximum Gasteiger partial charge on any atom is 0.194 e. The Balaban J connectivity index is 1.95. The average Bonchev–Trinajstić information content (AvgIpc) is 3.28. The van der Waals surface area contributed by atoms with Crippen LogP contribution in [0, 0.1) is 13.8 Å². The largest absolute Gasteiger partial charge is 0.370 e. The molecule has 5 nitrogen and oxygen atoms in total. The highest BCUT2D eigenvalue weighted by Crippen LogP contribution is 2.40. The van der Waals surface area contributed by atoms with Crippen LogP contribution in [0.4, 0.5) is 5.82 Å². The van der Waals surface area contributed by atoms with Crippen molar-refractivity contribution in [2.24, 2.45) is 0 Å². The first kappa shape index (κ1) is 14.3. The Labute approximate surface area is 129 Å². The van der Waals surface area contributed by atoms with Gasteiger partial charge in [0.05, 0.1) is 0 Å². The summed E-state index contributed by atoms with van der Waals surface area (Å²) in [6.07, 6.45) is 4.17. The third-order valence-corrected chi connectivity index (χ3v) is 4.34. The van der Waals surface area contributed by atoms with Crippen LogP contribution >= 0.6 is 11.8 Å². The lowest BCUT2D eigenvalue weighted by atomic mass is 10.3. The van der Waals surface area contributed by atoms with Gasteiger partial charge in [0.1, 0.15) is 16.7 Å². The molecule has 2 aromatic heterocycles. The number of aromatic nitrogens is 4. The highest BCUT2D eigenvalue weighted by Gasteiger charge is 2.28. The van der Waals surface area contributed by atoms with Gasteiger partial charge in [-0.25, -0.2) is 19.9 Å². The van der Waals surface area contributed by atoms with Crippen molar-refractivity contribution in [1.82, 2.24) is 19.9 Å². The minimum absolute atomic E-state index is 0.529. The maximum atomic E-state index is 4.73. The predicted molar refractivity (Wildman–Crippen MR) is 83.8 cm³/mol. The fourth-order valence-electron chi connectivity index (χ4n) is 2.04. The summed E-state index contributed by atoms with van der Waals surface area (Å²) in [5.41, 5.74) is 2.03. The molecule has 1 saturated carbocycles. The summed E-state index contributed by atoms with van der Waals surface area (Å²) in [4.78, 5) is 18.2. The number of nitrogens with zero attached hydrogens (tertiary/aromatic N) is 4. The zero-order chi connectivity index (χ0) is 14.8. The average molecular weight is 301 g/mol. The molecule has 0 aromatic carbocycles. The van der Waals surface area contributed by atoms with Crippen molar-refractivity contribution in [3.8, 4) is 0 Å². The first-order valence-electron chi connectivity index (χ1n) is 7.27. The van der Waals surface area contributed by atoms with Gasteiger partial charge in [0, 0.05) is 29.9 Å². The van der Waals surface area contributed by atoms with Crippen LogP contribution in [0.2, 0.25) is 0 Å². The SMILES string of the molecule is CCNc1nc(C2CC2)nc(Sc2nccc(C)n2)c1C. The molecule has 1 fully saturated rings. The Morgan fingerprint density at radius 1 is 1.24 bits per heavy atom. The molecule has 0 spiro atoms. The topological polar surface area (TPSA) is 63.6 Å². The Kier molecular flexibility index (Phi) is 4.05. The van der Waals surface area contributed by atoms with Gasteiger partial charge in [-0.3, -0.25) is 0 Å². The number of rotatable bonds is 5. The van der Waals surface area contributed by atoms with Gasteiger partial charge in [-0.15, -0.1) is 0 Å². The normalized spacial score (nSPS) is 14.2. The minimum atomic E-state index is 0.529. The molecule has 2 aromatic rings. The van der Waals surface area contributed by atoms with E-state index in [0.29, 0.717) is 5.92 Å². The zero-order valence-electron chi connectivity index (χ0n) is 12.6. The molecule has 0 unspecified atom stereocenters. The zero-order valence-corrected chi connectivity index (χ0v) is 13.4. The number of hydrogen-bond donors (Lipinski definition) is 1. The highest BCUT2D eigenvalue weighted by molar-refractivity contribution is 7.99. The van der Waals surface area contributed by atoms with Gasteiger partial charge in [0.15, 0.2) is 5.16 Å². The van der Waals surface area contributed by atoms with Gasteiger partial charge >= 0.3 is 0 Å². The van der Waals surface area contributed by atoms with Crippen LogP contribution in [0.5, 0.6) is 0 Å². The second-order valence-electron chi connectivity index (χ2n) is 5.25. The first-order valence-corrected chi connectivity index (χ1v) is 8.09. The standard InChI is InChI=1S/C15H19N5S/c1-4-16-12-10(3)14(20-13(19-12)11-5-6-11)21-15-17-8-7-9(2)18-15/h7-8,11H,4-6H2,1-3H3,(H,16,19,20). The van der Waals surface area contributed by atoms with Gasteiger partial charge in [0.25, 0.3) is 0 Å². The summed E-state index contributed by atoms with van der Waals surface area (Å²) in [5.74, 6) is 2.41. The van der Waals surface area contributed by atoms with E-state index >= 15 is 0 Å². The third kappa shape index (κ3) is 3.32. The Morgan fingerprint density at radius 2 is 2.05 bits per heavy atom. The summed E-state index contributed by atoms with van der Waals surface area (Å²) in [5, 5.41) is 5.02. The second-order valence-corrected chi connectivity index (χ2v) is 6.20. The Bertz CT molecular complexity index is 655. The molecule has 0 saturated heterocycles. The number of hydrogen-bond acceptors (Lipinski definition) is 6. The van der Waals surface area contributed by atoms with Gasteiger partial charge in [0.2, 0.25) is 0 Å². The number of nitrogens with one attached hydrogen (secondary N) is 1. The predicted octanol–water partition coefficient (Wildman–Crippen LogP) is 3.34. The third-order valence-electron chi connectivity index (χ3n) is 3.37. The molecule has 0 bridgehead atoms. The van der Waals surface area contributed by atoms with Crippen LogP contribution in [0.15, 0.2) is 22.4 Å². The van der Waals surface area contributed by atoms with Gasteiger partial charge in [-0.2, -0.15) is 0 Å². The van der Waals surface area contributed by atoms with Crippen LogP contribution in [0.3, 0.4) is 0 Å². The van der Waals surface area contributed by atoms with Gasteiger partial charge in [-0.1, -0.05) is 0 Å². The van der Waals surface area contributed by atoms with Gasteiger partial charge < -0.3 is 5.32 Å². The summed E-state index contributed by atoms with van der Waals surface area (Å²) in [6, 6.07) is 1.90. The molecule has 1 aliphatic carbocycles. The molecule has 0 amide bonds. The van der Waals surface area contributed by atoms with Crippen LogP contribution < -0.4 is 5.32 Å². The van der Waals surface area contributed by atoms with Crippen LogP contribution in [0.1, 0.15) is 42.8 Å². The maximum absolute atomic E-state index is 4.73. The summed E-state index contributed by atoms with van der Waals surface area (Å²) < 4.78 is 0. The molecule has 0 aliphatic heterocycles. The van der Waals surface area contributed by atoms with E-state index in [1.54, 1.807) is 6.20 Å². The quantitative estimate of drug-likeness (QED) is 0.675. The van der Waals surface area contributed by atoms with E-state index in [0.717, 1.165) is 39.6 Å². The molecular weight excluding hydrogens is 282 g/mol. The summed E-state index contributed by atoms with van der Waals surface area (Å²) in [6.45, 7) is 6.95. The van der Waals surface area contributed by atoms with Crippen molar-refractivity contribution >= 4 is 17.6 Å². The van der Waals surface area contributed by atoms with E-state index in [9.17, 15) is 0 Å². The van der Waals surface area contributed by atoms with Crippen LogP contribution in [-0.2, 0) is 0 Å². The van der Waals surface area contributed by atoms with E-state index in [4.69, 9.17) is 4.98 Å². The number of aryl methyl sites for hydroxylation is 1. The van der Waals surface area contributed by atoms with Crippen LogP contribution in [-0.4, -0.2) is 26.5 Å². The van der Waals surface area contributed by atoms with Crippen LogP contribution in [0.25, 0.3) is 0 Å². The number of anilines is 1. The Morgan fingerprint density at radius 3 is 2.71 bits per heavy atom. The molecule has 3 rings (SSSR count). The lowest BCUT2D eigenvalue weighted by Crippen LogP contribution is -2.07. The van der Waals surface area contributed by atoms with E-state index in [1.807, 2.05) is 19.9 Å². The van der Waals surface area contributed by atoms with Crippen molar-refractivity contribution in [3.05, 3.63) is 29.3 Å². The molecular formula is C15H19N5S.